The zero-order valence-electron chi connectivity index (χ0n) is 12.4. The second-order valence-electron chi connectivity index (χ2n) is 5.16. The molecule has 0 radical (unpaired) electrons. The fourth-order valence-electron chi connectivity index (χ4n) is 2.75. The van der Waals surface area contributed by atoms with Crippen LogP contribution in [0.5, 0.6) is 11.5 Å². The van der Waals surface area contributed by atoms with Crippen LogP contribution in [-0.4, -0.2) is 56.5 Å². The number of methoxy groups -OCH3 is 2. The Kier molecular flexibility index (Phi) is 5.23. The Morgan fingerprint density at radius 3 is 2.80 bits per heavy atom. The van der Waals surface area contributed by atoms with Gasteiger partial charge in [-0.15, -0.1) is 0 Å². The highest BCUT2D eigenvalue weighted by Crippen LogP contribution is 2.32. The van der Waals surface area contributed by atoms with Gasteiger partial charge in [-0.1, -0.05) is 0 Å². The molecule has 0 spiro atoms. The summed E-state index contributed by atoms with van der Waals surface area (Å²) in [5.74, 6) is 1.52. The molecule has 0 aliphatic carbocycles. The molecule has 2 N–H and O–H groups in total. The van der Waals surface area contributed by atoms with Gasteiger partial charge in [-0.2, -0.15) is 0 Å². The Labute approximate surface area is 120 Å². The Hall–Kier alpha value is -1.30. The van der Waals surface area contributed by atoms with Gasteiger partial charge in [0.1, 0.15) is 11.5 Å². The van der Waals surface area contributed by atoms with Crippen molar-refractivity contribution in [3.63, 3.8) is 0 Å². The molecule has 1 saturated heterocycles. The minimum Gasteiger partial charge on any atom is -0.497 e. The van der Waals surface area contributed by atoms with Gasteiger partial charge in [-0.25, -0.2) is 0 Å². The van der Waals surface area contributed by atoms with Crippen LogP contribution in [0.25, 0.3) is 0 Å². The SMILES string of the molecule is COc1ccc(C(CO)N2CCNC(C)C2)c(OC)c1. The van der Waals surface area contributed by atoms with E-state index < -0.39 is 0 Å². The van der Waals surface area contributed by atoms with Crippen LogP contribution in [-0.2, 0) is 0 Å². The van der Waals surface area contributed by atoms with E-state index in [0.29, 0.717) is 6.04 Å². The summed E-state index contributed by atoms with van der Waals surface area (Å²) in [6.45, 7) is 5.02. The summed E-state index contributed by atoms with van der Waals surface area (Å²) >= 11 is 0. The summed E-state index contributed by atoms with van der Waals surface area (Å²) in [5.41, 5.74) is 1.00. The van der Waals surface area contributed by atoms with Gasteiger partial charge in [-0.3, -0.25) is 4.90 Å². The van der Waals surface area contributed by atoms with E-state index in [2.05, 4.69) is 17.1 Å². The van der Waals surface area contributed by atoms with Gasteiger partial charge in [-0.05, 0) is 19.1 Å². The lowest BCUT2D eigenvalue weighted by Gasteiger charge is -2.37. The Morgan fingerprint density at radius 2 is 2.20 bits per heavy atom. The lowest BCUT2D eigenvalue weighted by atomic mass is 10.0. The number of ether oxygens (including phenoxy) is 2. The van der Waals surface area contributed by atoms with E-state index in [0.717, 1.165) is 36.7 Å². The first-order valence-electron chi connectivity index (χ1n) is 6.99. The molecule has 1 aromatic carbocycles. The van der Waals surface area contributed by atoms with Crippen molar-refractivity contribution in [1.82, 2.24) is 10.2 Å². The first-order valence-corrected chi connectivity index (χ1v) is 6.99. The van der Waals surface area contributed by atoms with Crippen molar-refractivity contribution in [2.75, 3.05) is 40.5 Å². The molecule has 20 heavy (non-hydrogen) atoms. The molecule has 1 fully saturated rings. The number of piperazine rings is 1. The van der Waals surface area contributed by atoms with Gasteiger partial charge in [0, 0.05) is 37.3 Å². The number of nitrogens with zero attached hydrogens (tertiary/aromatic N) is 1. The van der Waals surface area contributed by atoms with E-state index in [1.807, 2.05) is 18.2 Å². The maximum absolute atomic E-state index is 9.82. The molecular formula is C15H24N2O3. The number of hydrogen-bond donors (Lipinski definition) is 2. The fraction of sp³-hybridized carbons (Fsp3) is 0.600. The van der Waals surface area contributed by atoms with Gasteiger partial charge < -0.3 is 19.9 Å². The highest BCUT2D eigenvalue weighted by molar-refractivity contribution is 5.42. The quantitative estimate of drug-likeness (QED) is 0.844. The molecule has 2 unspecified atom stereocenters. The normalized spacial score (nSPS) is 21.5. The molecule has 0 saturated carbocycles. The molecule has 1 heterocycles. The molecule has 5 heteroatoms. The fourth-order valence-corrected chi connectivity index (χ4v) is 2.75. The molecule has 0 bridgehead atoms. The van der Waals surface area contributed by atoms with Gasteiger partial charge in [0.2, 0.25) is 0 Å². The van der Waals surface area contributed by atoms with Crippen LogP contribution >= 0.6 is 0 Å². The summed E-state index contributed by atoms with van der Waals surface area (Å²) in [6.07, 6.45) is 0. The lowest BCUT2D eigenvalue weighted by molar-refractivity contribution is 0.0945. The Morgan fingerprint density at radius 1 is 1.40 bits per heavy atom. The predicted molar refractivity (Wildman–Crippen MR) is 78.4 cm³/mol. The summed E-state index contributed by atoms with van der Waals surface area (Å²) in [7, 11) is 3.28. The maximum Gasteiger partial charge on any atom is 0.127 e. The molecule has 2 rings (SSSR count). The Bertz CT molecular complexity index is 439. The smallest absolute Gasteiger partial charge is 0.127 e. The van der Waals surface area contributed by atoms with E-state index in [4.69, 9.17) is 9.47 Å². The van der Waals surface area contributed by atoms with Crippen molar-refractivity contribution in [2.45, 2.75) is 19.0 Å². The predicted octanol–water partition coefficient (Wildman–Crippen LogP) is 1.03. The van der Waals surface area contributed by atoms with Crippen LogP contribution in [0.15, 0.2) is 18.2 Å². The number of rotatable bonds is 5. The van der Waals surface area contributed by atoms with Gasteiger partial charge >= 0.3 is 0 Å². The van der Waals surface area contributed by atoms with Crippen molar-refractivity contribution >= 4 is 0 Å². The highest BCUT2D eigenvalue weighted by atomic mass is 16.5. The van der Waals surface area contributed by atoms with E-state index in [-0.39, 0.29) is 12.6 Å². The third-order valence-corrected chi connectivity index (χ3v) is 3.81. The van der Waals surface area contributed by atoms with Gasteiger partial charge in [0.25, 0.3) is 0 Å². The standard InChI is InChI=1S/C15H24N2O3/c1-11-9-17(7-6-16-11)14(10-18)13-5-4-12(19-2)8-15(13)20-3/h4-5,8,11,14,16,18H,6-7,9-10H2,1-3H3. The van der Waals surface area contributed by atoms with Crippen molar-refractivity contribution in [2.24, 2.45) is 0 Å². The number of benzene rings is 1. The maximum atomic E-state index is 9.82. The van der Waals surface area contributed by atoms with Crippen LogP contribution in [0.3, 0.4) is 0 Å². The zero-order valence-corrected chi connectivity index (χ0v) is 12.4. The van der Waals surface area contributed by atoms with Crippen molar-refractivity contribution < 1.29 is 14.6 Å². The number of nitrogens with one attached hydrogen (secondary N) is 1. The average Bonchev–Trinajstić information content (AvgIpc) is 2.48. The van der Waals surface area contributed by atoms with E-state index >= 15 is 0 Å². The molecule has 1 aromatic rings. The zero-order chi connectivity index (χ0) is 14.5. The molecule has 5 nitrogen and oxygen atoms in total. The van der Waals surface area contributed by atoms with E-state index in [1.165, 1.54) is 0 Å². The molecule has 1 aliphatic heterocycles. The van der Waals surface area contributed by atoms with Crippen molar-refractivity contribution in [1.29, 1.82) is 0 Å². The molecule has 0 amide bonds. The van der Waals surface area contributed by atoms with Gasteiger partial charge in [0.15, 0.2) is 0 Å². The first kappa shape index (κ1) is 15.1. The minimum absolute atomic E-state index is 0.0413. The first-order chi connectivity index (χ1) is 9.69. The second-order valence-corrected chi connectivity index (χ2v) is 5.16. The monoisotopic (exact) mass is 280 g/mol. The third kappa shape index (κ3) is 3.23. The molecule has 2 atom stereocenters. The van der Waals surface area contributed by atoms with Crippen LogP contribution in [0.2, 0.25) is 0 Å². The molecule has 1 aliphatic rings. The third-order valence-electron chi connectivity index (χ3n) is 3.81. The largest absolute Gasteiger partial charge is 0.497 e. The lowest BCUT2D eigenvalue weighted by Crippen LogP contribution is -2.50. The van der Waals surface area contributed by atoms with Crippen LogP contribution in [0.4, 0.5) is 0 Å². The molecule has 112 valence electrons. The summed E-state index contributed by atoms with van der Waals surface area (Å²) < 4.78 is 10.7. The summed E-state index contributed by atoms with van der Waals surface area (Å²) in [5, 5.41) is 13.2. The number of hydrogen-bond acceptors (Lipinski definition) is 5. The average molecular weight is 280 g/mol. The van der Waals surface area contributed by atoms with E-state index in [1.54, 1.807) is 14.2 Å². The van der Waals surface area contributed by atoms with Crippen LogP contribution in [0, 0.1) is 0 Å². The summed E-state index contributed by atoms with van der Waals surface area (Å²) in [4.78, 5) is 2.30. The molecular weight excluding hydrogens is 256 g/mol. The second kappa shape index (κ2) is 6.92. The van der Waals surface area contributed by atoms with Gasteiger partial charge in [0.05, 0.1) is 26.9 Å². The number of aliphatic hydroxyl groups is 1. The van der Waals surface area contributed by atoms with Crippen LogP contribution < -0.4 is 14.8 Å². The van der Waals surface area contributed by atoms with Crippen molar-refractivity contribution in [3.8, 4) is 11.5 Å². The molecule has 0 aromatic heterocycles. The highest BCUT2D eigenvalue weighted by Gasteiger charge is 2.26. The Balaban J connectivity index is 2.26. The number of aliphatic hydroxyl groups excluding tert-OH is 1. The van der Waals surface area contributed by atoms with E-state index in [9.17, 15) is 5.11 Å². The van der Waals surface area contributed by atoms with Crippen LogP contribution in [0.1, 0.15) is 18.5 Å². The summed E-state index contributed by atoms with van der Waals surface area (Å²) in [6, 6.07) is 6.14. The minimum atomic E-state index is -0.0413. The van der Waals surface area contributed by atoms with Crippen molar-refractivity contribution in [3.05, 3.63) is 23.8 Å². The topological polar surface area (TPSA) is 54.0 Å².